The molecule has 1 atom stereocenters. The number of rotatable bonds is 7. The minimum Gasteiger partial charge on any atom is -0.460 e. The van der Waals surface area contributed by atoms with Gasteiger partial charge in [0.15, 0.2) is 5.78 Å². The monoisotopic (exact) mass is 444 g/mol. The number of sulfonamides is 1. The Morgan fingerprint density at radius 2 is 1.77 bits per heavy atom. The molecule has 3 rings (SSSR count). The van der Waals surface area contributed by atoms with E-state index >= 15 is 0 Å². The molecule has 0 bridgehead atoms. The first-order valence-corrected chi connectivity index (χ1v) is 11.3. The Kier molecular flexibility index (Phi) is 6.87. The zero-order valence-electron chi connectivity index (χ0n) is 17.1. The van der Waals surface area contributed by atoms with Crippen LogP contribution in [0, 0.1) is 0 Å². The van der Waals surface area contributed by atoms with Gasteiger partial charge >= 0.3 is 5.97 Å². The summed E-state index contributed by atoms with van der Waals surface area (Å²) in [5.74, 6) is -1.40. The zero-order valence-corrected chi connectivity index (χ0v) is 17.9. The molecule has 2 N–H and O–H groups in total. The van der Waals surface area contributed by atoms with Gasteiger partial charge in [-0.3, -0.25) is 14.4 Å². The lowest BCUT2D eigenvalue weighted by Gasteiger charge is -2.33. The van der Waals surface area contributed by atoms with Crippen LogP contribution in [0.5, 0.6) is 0 Å². The molecule has 0 radical (unpaired) electrons. The van der Waals surface area contributed by atoms with E-state index in [0.29, 0.717) is 36.0 Å². The normalized spacial score (nSPS) is 17.1. The molecule has 2 aromatic carbocycles. The summed E-state index contributed by atoms with van der Waals surface area (Å²) in [5, 5.41) is 0. The topological polar surface area (TPSA) is 124 Å². The summed E-state index contributed by atoms with van der Waals surface area (Å²) in [6.45, 7) is 1.50. The Morgan fingerprint density at radius 3 is 2.42 bits per heavy atom. The van der Waals surface area contributed by atoms with E-state index in [1.54, 1.807) is 18.2 Å². The maximum atomic E-state index is 13.2. The molecule has 1 amide bonds. The average molecular weight is 445 g/mol. The summed E-state index contributed by atoms with van der Waals surface area (Å²) < 4.78 is 32.9. The molecule has 0 aliphatic carbocycles. The predicted octanol–water partition coefficient (Wildman–Crippen LogP) is 2.27. The van der Waals surface area contributed by atoms with Gasteiger partial charge in [-0.25, -0.2) is 8.42 Å². The van der Waals surface area contributed by atoms with Gasteiger partial charge in [0.25, 0.3) is 0 Å². The second-order valence-electron chi connectivity index (χ2n) is 7.38. The van der Waals surface area contributed by atoms with Gasteiger partial charge < -0.3 is 10.5 Å². The number of piperidine rings is 1. The van der Waals surface area contributed by atoms with Gasteiger partial charge in [0.05, 0.1) is 4.90 Å². The smallest absolute Gasteiger partial charge is 0.324 e. The van der Waals surface area contributed by atoms with Crippen molar-refractivity contribution in [2.75, 3.05) is 6.54 Å². The largest absolute Gasteiger partial charge is 0.460 e. The number of ketones is 1. The van der Waals surface area contributed by atoms with Gasteiger partial charge in [-0.2, -0.15) is 4.31 Å². The van der Waals surface area contributed by atoms with E-state index < -0.39 is 27.9 Å². The summed E-state index contributed by atoms with van der Waals surface area (Å²) in [4.78, 5) is 35.5. The lowest BCUT2D eigenvalue weighted by molar-refractivity contribution is -0.150. The number of nitrogens with zero attached hydrogens (tertiary/aromatic N) is 1. The summed E-state index contributed by atoms with van der Waals surface area (Å²) in [6, 6.07) is 11.1. The number of esters is 1. The molecule has 1 aliphatic rings. The third-order valence-corrected chi connectivity index (χ3v) is 7.11. The van der Waals surface area contributed by atoms with E-state index in [2.05, 4.69) is 0 Å². The number of amides is 1. The molecular weight excluding hydrogens is 420 g/mol. The number of hydrogen-bond donors (Lipinski definition) is 1. The molecule has 8 nitrogen and oxygen atoms in total. The maximum Gasteiger partial charge on any atom is 0.324 e. The molecule has 31 heavy (non-hydrogen) atoms. The molecule has 1 aliphatic heterocycles. The summed E-state index contributed by atoms with van der Waals surface area (Å²) >= 11 is 0. The summed E-state index contributed by atoms with van der Waals surface area (Å²) in [6.07, 6.45) is 1.69. The second-order valence-corrected chi connectivity index (χ2v) is 9.27. The Balaban J connectivity index is 1.76. The van der Waals surface area contributed by atoms with Crippen molar-refractivity contribution in [1.29, 1.82) is 0 Å². The van der Waals surface area contributed by atoms with Crippen LogP contribution >= 0.6 is 0 Å². The fourth-order valence-corrected chi connectivity index (χ4v) is 5.14. The van der Waals surface area contributed by atoms with E-state index in [-0.39, 0.29) is 23.8 Å². The first-order valence-electron chi connectivity index (χ1n) is 9.88. The minimum atomic E-state index is -3.94. The molecule has 0 spiro atoms. The highest BCUT2D eigenvalue weighted by Gasteiger charge is 2.38. The van der Waals surface area contributed by atoms with Gasteiger partial charge in [-0.1, -0.05) is 24.3 Å². The van der Waals surface area contributed by atoms with Crippen molar-refractivity contribution in [1.82, 2.24) is 4.31 Å². The molecule has 0 aromatic heterocycles. The van der Waals surface area contributed by atoms with Crippen LogP contribution in [0.3, 0.4) is 0 Å². The Labute approximate surface area is 181 Å². The average Bonchev–Trinajstić information content (AvgIpc) is 2.77. The Bertz CT molecular complexity index is 1100. The van der Waals surface area contributed by atoms with E-state index in [1.165, 1.54) is 41.6 Å². The lowest BCUT2D eigenvalue weighted by Crippen LogP contribution is -2.48. The highest BCUT2D eigenvalue weighted by Crippen LogP contribution is 2.27. The molecule has 1 saturated heterocycles. The van der Waals surface area contributed by atoms with Crippen LogP contribution in [0.2, 0.25) is 0 Å². The number of nitrogens with two attached hydrogens (primary N) is 1. The molecule has 9 heteroatoms. The zero-order chi connectivity index (χ0) is 22.6. The first-order chi connectivity index (χ1) is 14.7. The van der Waals surface area contributed by atoms with Crippen LogP contribution in [0.4, 0.5) is 0 Å². The van der Waals surface area contributed by atoms with Gasteiger partial charge in [-0.15, -0.1) is 0 Å². The van der Waals surface area contributed by atoms with Crippen LogP contribution in [0.1, 0.15) is 52.5 Å². The standard InChI is InChI=1S/C22H24N2O6S/c1-15(25)17-8-10-19(11-9-17)31(28,29)24-12-3-2-7-20(24)22(27)30-14-16-5-4-6-18(13-16)21(23)26/h4-6,8-11,13,20H,2-3,7,12,14H2,1H3,(H2,23,26). The lowest BCUT2D eigenvalue weighted by atomic mass is 10.1. The van der Waals surface area contributed by atoms with Crippen molar-refractivity contribution >= 4 is 27.7 Å². The Hall–Kier alpha value is -3.04. The number of carbonyl (C=O) groups is 3. The maximum absolute atomic E-state index is 13.2. The molecule has 2 aromatic rings. The molecular formula is C22H24N2O6S. The predicted molar refractivity (Wildman–Crippen MR) is 113 cm³/mol. The first kappa shape index (κ1) is 22.6. The van der Waals surface area contributed by atoms with E-state index in [1.807, 2.05) is 0 Å². The van der Waals surface area contributed by atoms with Gasteiger partial charge in [0.1, 0.15) is 12.6 Å². The summed E-state index contributed by atoms with van der Waals surface area (Å²) in [5.41, 5.74) is 6.55. The number of Topliss-reactive ketones (excluding diaryl/α,β-unsaturated/α-hetero) is 1. The molecule has 1 heterocycles. The van der Waals surface area contributed by atoms with Crippen molar-refractivity contribution in [3.05, 3.63) is 65.2 Å². The fraction of sp³-hybridized carbons (Fsp3) is 0.318. The fourth-order valence-electron chi connectivity index (χ4n) is 3.49. The quantitative estimate of drug-likeness (QED) is 0.516. The van der Waals surface area contributed by atoms with Crippen LogP contribution in [0.25, 0.3) is 0 Å². The van der Waals surface area contributed by atoms with Crippen molar-refractivity contribution < 1.29 is 27.5 Å². The van der Waals surface area contributed by atoms with Gasteiger partial charge in [-0.05, 0) is 56.0 Å². The molecule has 1 fully saturated rings. The highest BCUT2D eigenvalue weighted by molar-refractivity contribution is 7.89. The van der Waals surface area contributed by atoms with Crippen LogP contribution < -0.4 is 5.73 Å². The second kappa shape index (κ2) is 9.40. The number of hydrogen-bond acceptors (Lipinski definition) is 6. The van der Waals surface area contributed by atoms with Crippen LogP contribution in [-0.2, 0) is 26.2 Å². The number of primary amides is 1. The molecule has 1 unspecified atom stereocenters. The van der Waals surface area contributed by atoms with Gasteiger partial charge in [0.2, 0.25) is 15.9 Å². The van der Waals surface area contributed by atoms with E-state index in [9.17, 15) is 22.8 Å². The molecule has 164 valence electrons. The van der Waals surface area contributed by atoms with Crippen LogP contribution in [-0.4, -0.2) is 43.0 Å². The Morgan fingerprint density at radius 1 is 1.06 bits per heavy atom. The van der Waals surface area contributed by atoms with Gasteiger partial charge in [0, 0.05) is 17.7 Å². The van der Waals surface area contributed by atoms with Crippen molar-refractivity contribution in [3.63, 3.8) is 0 Å². The SMILES string of the molecule is CC(=O)c1ccc(S(=O)(=O)N2CCCCC2C(=O)OCc2cccc(C(N)=O)c2)cc1. The minimum absolute atomic E-state index is 0.0198. The van der Waals surface area contributed by atoms with Crippen molar-refractivity contribution in [3.8, 4) is 0 Å². The summed E-state index contributed by atoms with van der Waals surface area (Å²) in [7, 11) is -3.94. The number of benzene rings is 2. The van der Waals surface area contributed by atoms with Crippen LogP contribution in [0.15, 0.2) is 53.4 Å². The van der Waals surface area contributed by atoms with Crippen molar-refractivity contribution in [2.45, 2.75) is 43.7 Å². The number of carbonyl (C=O) groups excluding carboxylic acids is 3. The van der Waals surface area contributed by atoms with Crippen molar-refractivity contribution in [2.24, 2.45) is 5.73 Å². The third-order valence-electron chi connectivity index (χ3n) is 5.19. The third kappa shape index (κ3) is 5.18. The highest BCUT2D eigenvalue weighted by atomic mass is 32.2. The van der Waals surface area contributed by atoms with E-state index in [0.717, 1.165) is 0 Å². The number of ether oxygens (including phenoxy) is 1. The van der Waals surface area contributed by atoms with E-state index in [4.69, 9.17) is 10.5 Å². The molecule has 0 saturated carbocycles.